The van der Waals surface area contributed by atoms with E-state index in [1.165, 1.54) is 0 Å². The highest BCUT2D eigenvalue weighted by atomic mass is 19.4. The Morgan fingerprint density at radius 3 is 2.29 bits per heavy atom. The zero-order chi connectivity index (χ0) is 10.6. The van der Waals surface area contributed by atoms with E-state index in [-0.39, 0.29) is 12.5 Å². The van der Waals surface area contributed by atoms with Crippen LogP contribution in [0.2, 0.25) is 0 Å². The number of piperidine rings is 1. The molecule has 0 atom stereocenters. The van der Waals surface area contributed by atoms with Crippen LogP contribution in [-0.4, -0.2) is 30.7 Å². The molecule has 14 heavy (non-hydrogen) atoms. The summed E-state index contributed by atoms with van der Waals surface area (Å²) in [6.07, 6.45) is -3.40. The molecule has 1 rings (SSSR count). The maximum Gasteiger partial charge on any atom is 0.390 e. The van der Waals surface area contributed by atoms with E-state index < -0.39 is 12.6 Å². The summed E-state index contributed by atoms with van der Waals surface area (Å²) in [4.78, 5) is 1.78. The summed E-state index contributed by atoms with van der Waals surface area (Å²) >= 11 is 0. The topological polar surface area (TPSA) is 27.0 Å². The van der Waals surface area contributed by atoms with Crippen molar-refractivity contribution in [2.24, 2.45) is 5.92 Å². The van der Waals surface area contributed by atoms with Crippen LogP contribution in [0, 0.1) is 17.2 Å². The molecule has 0 N–H and O–H groups in total. The van der Waals surface area contributed by atoms with Crippen molar-refractivity contribution in [1.29, 1.82) is 5.26 Å². The van der Waals surface area contributed by atoms with Gasteiger partial charge in [0.05, 0.1) is 12.5 Å². The van der Waals surface area contributed by atoms with Crippen LogP contribution in [0.5, 0.6) is 0 Å². The Morgan fingerprint density at radius 2 is 1.86 bits per heavy atom. The van der Waals surface area contributed by atoms with Crippen molar-refractivity contribution in [2.75, 3.05) is 19.6 Å². The van der Waals surface area contributed by atoms with Gasteiger partial charge in [-0.2, -0.15) is 18.4 Å². The number of hydrogen-bond donors (Lipinski definition) is 0. The highest BCUT2D eigenvalue weighted by Gasteiger charge is 2.28. The predicted octanol–water partition coefficient (Wildman–Crippen LogP) is 2.17. The lowest BCUT2D eigenvalue weighted by atomic mass is 9.98. The molecule has 0 amide bonds. The smallest absolute Gasteiger partial charge is 0.303 e. The van der Waals surface area contributed by atoms with E-state index in [0.29, 0.717) is 25.9 Å². The lowest BCUT2D eigenvalue weighted by Gasteiger charge is -2.29. The summed E-state index contributed by atoms with van der Waals surface area (Å²) in [6, 6.07) is 2.15. The molecule has 0 aromatic carbocycles. The van der Waals surface area contributed by atoms with E-state index >= 15 is 0 Å². The number of rotatable bonds is 2. The molecule has 80 valence electrons. The standard InChI is InChI=1S/C9H13F3N2/c10-9(11,12)3-6-14-4-1-8(7-13)2-5-14/h8H,1-6H2. The van der Waals surface area contributed by atoms with Crippen LogP contribution in [0.4, 0.5) is 13.2 Å². The van der Waals surface area contributed by atoms with Crippen molar-refractivity contribution in [3.8, 4) is 6.07 Å². The third-order valence-electron chi connectivity index (χ3n) is 2.48. The highest BCUT2D eigenvalue weighted by Crippen LogP contribution is 2.22. The van der Waals surface area contributed by atoms with Crippen LogP contribution >= 0.6 is 0 Å². The van der Waals surface area contributed by atoms with E-state index in [9.17, 15) is 13.2 Å². The fraction of sp³-hybridized carbons (Fsp3) is 0.889. The lowest BCUT2D eigenvalue weighted by Crippen LogP contribution is -2.35. The molecule has 2 nitrogen and oxygen atoms in total. The zero-order valence-corrected chi connectivity index (χ0v) is 7.85. The summed E-state index contributed by atoms with van der Waals surface area (Å²) in [5.74, 6) is 0.0390. The Bertz CT molecular complexity index is 211. The van der Waals surface area contributed by atoms with Gasteiger partial charge in [0.25, 0.3) is 0 Å². The Labute approximate surface area is 81.3 Å². The molecule has 0 radical (unpaired) electrons. The van der Waals surface area contributed by atoms with Crippen LogP contribution in [0.3, 0.4) is 0 Å². The van der Waals surface area contributed by atoms with Gasteiger partial charge in [0.15, 0.2) is 0 Å². The summed E-state index contributed by atoms with van der Waals surface area (Å²) in [6.45, 7) is 1.31. The van der Waals surface area contributed by atoms with E-state index in [1.807, 2.05) is 0 Å². The molecule has 1 aliphatic heterocycles. The maximum atomic E-state index is 11.9. The molecule has 0 aliphatic carbocycles. The van der Waals surface area contributed by atoms with Crippen molar-refractivity contribution in [3.63, 3.8) is 0 Å². The van der Waals surface area contributed by atoms with Gasteiger partial charge in [-0.05, 0) is 25.9 Å². The third-order valence-corrected chi connectivity index (χ3v) is 2.48. The first-order chi connectivity index (χ1) is 6.51. The van der Waals surface area contributed by atoms with Crippen molar-refractivity contribution in [3.05, 3.63) is 0 Å². The summed E-state index contributed by atoms with van der Waals surface area (Å²) in [5.41, 5.74) is 0. The van der Waals surface area contributed by atoms with Gasteiger partial charge in [-0.3, -0.25) is 0 Å². The van der Waals surface area contributed by atoms with Crippen molar-refractivity contribution in [1.82, 2.24) is 4.90 Å². The summed E-state index contributed by atoms with van der Waals surface area (Å²) in [5, 5.41) is 8.59. The first kappa shape index (κ1) is 11.3. The van der Waals surface area contributed by atoms with E-state index in [0.717, 1.165) is 0 Å². The fourth-order valence-electron chi connectivity index (χ4n) is 1.57. The predicted molar refractivity (Wildman–Crippen MR) is 45.4 cm³/mol. The number of alkyl halides is 3. The van der Waals surface area contributed by atoms with Crippen LogP contribution in [0.1, 0.15) is 19.3 Å². The molecule has 0 spiro atoms. The van der Waals surface area contributed by atoms with Gasteiger partial charge in [-0.25, -0.2) is 0 Å². The van der Waals surface area contributed by atoms with Crippen molar-refractivity contribution < 1.29 is 13.2 Å². The summed E-state index contributed by atoms with van der Waals surface area (Å²) in [7, 11) is 0. The fourth-order valence-corrected chi connectivity index (χ4v) is 1.57. The van der Waals surface area contributed by atoms with Gasteiger partial charge >= 0.3 is 6.18 Å². The number of halogens is 3. The highest BCUT2D eigenvalue weighted by molar-refractivity contribution is 4.87. The number of hydrogen-bond acceptors (Lipinski definition) is 2. The molecule has 0 saturated carbocycles. The lowest BCUT2D eigenvalue weighted by molar-refractivity contribution is -0.138. The first-order valence-electron chi connectivity index (χ1n) is 4.70. The average Bonchev–Trinajstić information content (AvgIpc) is 2.14. The maximum absolute atomic E-state index is 11.9. The second kappa shape index (κ2) is 4.65. The van der Waals surface area contributed by atoms with E-state index in [2.05, 4.69) is 6.07 Å². The Morgan fingerprint density at radius 1 is 1.29 bits per heavy atom. The molecular weight excluding hydrogens is 193 g/mol. The zero-order valence-electron chi connectivity index (χ0n) is 7.85. The summed E-state index contributed by atoms with van der Waals surface area (Å²) < 4.78 is 35.6. The third kappa shape index (κ3) is 3.97. The molecule has 1 fully saturated rings. The molecule has 1 aliphatic rings. The Hall–Kier alpha value is -0.760. The van der Waals surface area contributed by atoms with Gasteiger partial charge in [0.2, 0.25) is 0 Å². The molecule has 0 aromatic rings. The Kier molecular flexibility index (Phi) is 3.76. The van der Waals surface area contributed by atoms with Gasteiger partial charge in [0.1, 0.15) is 0 Å². The SMILES string of the molecule is N#CC1CCN(CCC(F)(F)F)CC1. The minimum absolute atomic E-state index is 0.0390. The van der Waals surface area contributed by atoms with Crippen LogP contribution in [-0.2, 0) is 0 Å². The second-order valence-electron chi connectivity index (χ2n) is 3.61. The van der Waals surface area contributed by atoms with E-state index in [1.54, 1.807) is 4.90 Å². The van der Waals surface area contributed by atoms with Crippen LogP contribution < -0.4 is 0 Å². The van der Waals surface area contributed by atoms with Gasteiger partial charge in [0, 0.05) is 12.5 Å². The molecular formula is C9H13F3N2. The first-order valence-corrected chi connectivity index (χ1v) is 4.70. The van der Waals surface area contributed by atoms with E-state index in [4.69, 9.17) is 5.26 Å². The Balaban J connectivity index is 2.20. The van der Waals surface area contributed by atoms with Gasteiger partial charge in [-0.1, -0.05) is 0 Å². The number of likely N-dealkylation sites (tertiary alicyclic amines) is 1. The van der Waals surface area contributed by atoms with Gasteiger partial charge < -0.3 is 4.90 Å². The molecule has 1 saturated heterocycles. The molecule has 0 unspecified atom stereocenters. The minimum atomic E-state index is -4.06. The van der Waals surface area contributed by atoms with Crippen molar-refractivity contribution in [2.45, 2.75) is 25.4 Å². The van der Waals surface area contributed by atoms with Crippen LogP contribution in [0.25, 0.3) is 0 Å². The quantitative estimate of drug-likeness (QED) is 0.692. The molecule has 0 aromatic heterocycles. The molecule has 5 heteroatoms. The minimum Gasteiger partial charge on any atom is -0.303 e. The number of nitriles is 1. The second-order valence-corrected chi connectivity index (χ2v) is 3.61. The monoisotopic (exact) mass is 206 g/mol. The normalized spacial score (nSPS) is 20.7. The van der Waals surface area contributed by atoms with Crippen molar-refractivity contribution >= 4 is 0 Å². The molecule has 1 heterocycles. The largest absolute Gasteiger partial charge is 0.390 e. The molecule has 0 bridgehead atoms. The van der Waals surface area contributed by atoms with Gasteiger partial charge in [-0.15, -0.1) is 0 Å². The average molecular weight is 206 g/mol. The number of nitrogens with zero attached hydrogens (tertiary/aromatic N) is 2. The van der Waals surface area contributed by atoms with Crippen LogP contribution in [0.15, 0.2) is 0 Å².